The monoisotopic (exact) mass is 437 g/mol. The van der Waals surface area contributed by atoms with Crippen LogP contribution in [0.2, 0.25) is 0 Å². The van der Waals surface area contributed by atoms with Crippen LogP contribution in [0.25, 0.3) is 0 Å². The number of carbonyl (C=O) groups excluding carboxylic acids is 2. The van der Waals surface area contributed by atoms with Crippen LogP contribution >= 0.6 is 0 Å². The molecular formula is C25H31N3O4. The van der Waals surface area contributed by atoms with E-state index in [-0.39, 0.29) is 24.0 Å². The molecule has 0 radical (unpaired) electrons. The Labute approximate surface area is 189 Å². The number of nitrogens with zero attached hydrogens (tertiary/aromatic N) is 2. The Morgan fingerprint density at radius 1 is 1.00 bits per heavy atom. The molecule has 2 unspecified atom stereocenters. The summed E-state index contributed by atoms with van der Waals surface area (Å²) in [7, 11) is 3.19. The molecule has 2 atom stereocenters. The molecule has 0 saturated carbocycles. The Bertz CT molecular complexity index is 976. The van der Waals surface area contributed by atoms with Gasteiger partial charge in [0.25, 0.3) is 0 Å². The number of carbonyl (C=O) groups is 2. The number of aryl methyl sites for hydroxylation is 1. The van der Waals surface area contributed by atoms with Gasteiger partial charge in [-0.1, -0.05) is 35.9 Å². The molecule has 2 heterocycles. The van der Waals surface area contributed by atoms with Crippen molar-refractivity contribution >= 4 is 11.9 Å². The van der Waals surface area contributed by atoms with Gasteiger partial charge in [0.05, 0.1) is 26.3 Å². The molecule has 32 heavy (non-hydrogen) atoms. The molecule has 0 aromatic heterocycles. The number of hydrogen-bond donors (Lipinski definition) is 1. The Morgan fingerprint density at radius 3 is 2.44 bits per heavy atom. The average molecular weight is 438 g/mol. The predicted molar refractivity (Wildman–Crippen MR) is 122 cm³/mol. The molecule has 2 fully saturated rings. The van der Waals surface area contributed by atoms with Crippen molar-refractivity contribution in [1.29, 1.82) is 0 Å². The van der Waals surface area contributed by atoms with E-state index >= 15 is 0 Å². The number of imide groups is 1. The maximum absolute atomic E-state index is 13.5. The first-order valence-electron chi connectivity index (χ1n) is 11.1. The van der Waals surface area contributed by atoms with E-state index in [1.165, 1.54) is 10.5 Å². The molecule has 4 rings (SSSR count). The van der Waals surface area contributed by atoms with E-state index in [1.54, 1.807) is 14.2 Å². The van der Waals surface area contributed by atoms with Gasteiger partial charge in [-0.05, 0) is 56.0 Å². The molecular weight excluding hydrogens is 406 g/mol. The van der Waals surface area contributed by atoms with Crippen molar-refractivity contribution in [2.75, 3.05) is 27.3 Å². The quantitative estimate of drug-likeness (QED) is 0.719. The van der Waals surface area contributed by atoms with Crippen LogP contribution in [0.4, 0.5) is 4.79 Å². The van der Waals surface area contributed by atoms with Crippen LogP contribution < -0.4 is 14.8 Å². The summed E-state index contributed by atoms with van der Waals surface area (Å²) in [6, 6.07) is 13.6. The van der Waals surface area contributed by atoms with Crippen LogP contribution in [-0.4, -0.2) is 55.2 Å². The molecule has 2 saturated heterocycles. The van der Waals surface area contributed by atoms with Gasteiger partial charge < -0.3 is 14.4 Å². The third-order valence-electron chi connectivity index (χ3n) is 6.37. The van der Waals surface area contributed by atoms with Gasteiger partial charge in [0.2, 0.25) is 5.91 Å². The van der Waals surface area contributed by atoms with Gasteiger partial charge in [0.15, 0.2) is 11.5 Å². The molecule has 2 aliphatic rings. The fourth-order valence-corrected chi connectivity index (χ4v) is 4.57. The zero-order valence-electron chi connectivity index (χ0n) is 19.0. The van der Waals surface area contributed by atoms with E-state index in [1.807, 2.05) is 42.2 Å². The third-order valence-corrected chi connectivity index (χ3v) is 6.37. The van der Waals surface area contributed by atoms with E-state index in [2.05, 4.69) is 17.4 Å². The van der Waals surface area contributed by atoms with E-state index < -0.39 is 0 Å². The zero-order chi connectivity index (χ0) is 22.7. The van der Waals surface area contributed by atoms with Crippen LogP contribution in [0.15, 0.2) is 42.5 Å². The number of piperidine rings is 1. The Morgan fingerprint density at radius 2 is 1.72 bits per heavy atom. The largest absolute Gasteiger partial charge is 0.493 e. The van der Waals surface area contributed by atoms with Gasteiger partial charge in [-0.15, -0.1) is 0 Å². The van der Waals surface area contributed by atoms with Crippen molar-refractivity contribution in [3.63, 3.8) is 0 Å². The molecule has 2 aromatic carbocycles. The Kier molecular flexibility index (Phi) is 6.65. The van der Waals surface area contributed by atoms with Crippen LogP contribution in [0.3, 0.4) is 0 Å². The number of amides is 3. The molecule has 170 valence electrons. The van der Waals surface area contributed by atoms with Gasteiger partial charge in [-0.2, -0.15) is 0 Å². The number of rotatable bonds is 7. The van der Waals surface area contributed by atoms with E-state index in [4.69, 9.17) is 9.47 Å². The first kappa shape index (κ1) is 22.1. The normalized spacial score (nSPS) is 20.8. The smallest absolute Gasteiger partial charge is 0.328 e. The third kappa shape index (κ3) is 4.43. The predicted octanol–water partition coefficient (Wildman–Crippen LogP) is 3.34. The van der Waals surface area contributed by atoms with E-state index in [0.29, 0.717) is 31.0 Å². The fraction of sp³-hybridized carbons (Fsp3) is 0.440. The van der Waals surface area contributed by atoms with Crippen molar-refractivity contribution < 1.29 is 19.1 Å². The van der Waals surface area contributed by atoms with Gasteiger partial charge >= 0.3 is 6.03 Å². The summed E-state index contributed by atoms with van der Waals surface area (Å²) in [6.07, 6.45) is 2.03. The molecule has 3 amide bonds. The number of benzene rings is 2. The minimum absolute atomic E-state index is 0.0761. The average Bonchev–Trinajstić information content (AvgIpc) is 2.82. The first-order chi connectivity index (χ1) is 15.5. The summed E-state index contributed by atoms with van der Waals surface area (Å²) in [5, 5.41) is 3.41. The van der Waals surface area contributed by atoms with Crippen molar-refractivity contribution in [3.05, 3.63) is 59.2 Å². The molecule has 0 spiro atoms. The molecule has 7 nitrogen and oxygen atoms in total. The lowest BCUT2D eigenvalue weighted by molar-refractivity contribution is -0.141. The summed E-state index contributed by atoms with van der Waals surface area (Å²) in [5.41, 5.74) is 3.22. The maximum atomic E-state index is 13.5. The summed E-state index contributed by atoms with van der Waals surface area (Å²) < 4.78 is 10.7. The van der Waals surface area contributed by atoms with E-state index in [0.717, 1.165) is 30.5 Å². The molecule has 7 heteroatoms. The number of urea groups is 1. The lowest BCUT2D eigenvalue weighted by Crippen LogP contribution is -2.67. The number of hydrogen-bond acceptors (Lipinski definition) is 5. The molecule has 1 N–H and O–H groups in total. The van der Waals surface area contributed by atoms with Gasteiger partial charge in [-0.3, -0.25) is 15.0 Å². The van der Waals surface area contributed by atoms with Crippen molar-refractivity contribution in [2.45, 2.75) is 38.9 Å². The summed E-state index contributed by atoms with van der Waals surface area (Å²) >= 11 is 0. The van der Waals surface area contributed by atoms with E-state index in [9.17, 15) is 9.59 Å². The highest BCUT2D eigenvalue weighted by Gasteiger charge is 2.46. The topological polar surface area (TPSA) is 71.1 Å². The van der Waals surface area contributed by atoms with Gasteiger partial charge in [0, 0.05) is 13.1 Å². The molecule has 2 aromatic rings. The summed E-state index contributed by atoms with van der Waals surface area (Å²) in [6.45, 7) is 3.68. The van der Waals surface area contributed by atoms with Crippen LogP contribution in [0, 0.1) is 12.8 Å². The van der Waals surface area contributed by atoms with Gasteiger partial charge in [0.1, 0.15) is 0 Å². The van der Waals surface area contributed by atoms with Crippen LogP contribution in [-0.2, 0) is 17.8 Å². The minimum Gasteiger partial charge on any atom is -0.493 e. The highest BCUT2D eigenvalue weighted by molar-refractivity contribution is 5.98. The minimum atomic E-state index is -0.248. The number of ether oxygens (including phenoxy) is 2. The SMILES string of the molecule is COc1ccc(CCN2C(=O)C3CCCNC3N(Cc3ccc(C)cc3)C2=O)cc1OC. The first-order valence-corrected chi connectivity index (χ1v) is 11.1. The maximum Gasteiger partial charge on any atom is 0.328 e. The number of methoxy groups -OCH3 is 2. The fourth-order valence-electron chi connectivity index (χ4n) is 4.57. The highest BCUT2D eigenvalue weighted by atomic mass is 16.5. The standard InChI is InChI=1S/C25H31N3O4/c1-17-6-8-19(9-7-17)16-28-23-20(5-4-13-26-23)24(29)27(25(28)30)14-12-18-10-11-21(31-2)22(15-18)32-3/h6-11,15,20,23,26H,4-5,12-14,16H2,1-3H3. The summed E-state index contributed by atoms with van der Waals surface area (Å²) in [5.74, 6) is 1.01. The van der Waals surface area contributed by atoms with Crippen molar-refractivity contribution in [2.24, 2.45) is 5.92 Å². The number of nitrogens with one attached hydrogen (secondary N) is 1. The van der Waals surface area contributed by atoms with Crippen molar-refractivity contribution in [3.8, 4) is 11.5 Å². The molecule has 2 aliphatic heterocycles. The van der Waals surface area contributed by atoms with Crippen LogP contribution in [0.5, 0.6) is 11.5 Å². The summed E-state index contributed by atoms with van der Waals surface area (Å²) in [4.78, 5) is 30.0. The molecule has 0 bridgehead atoms. The second kappa shape index (κ2) is 9.61. The number of fused-ring (bicyclic) bond motifs is 1. The second-order valence-electron chi connectivity index (χ2n) is 8.47. The second-order valence-corrected chi connectivity index (χ2v) is 8.47. The van der Waals surface area contributed by atoms with Crippen molar-refractivity contribution in [1.82, 2.24) is 15.1 Å². The molecule has 0 aliphatic carbocycles. The Hall–Kier alpha value is -3.06. The lowest BCUT2D eigenvalue weighted by Gasteiger charge is -2.47. The van der Waals surface area contributed by atoms with Crippen LogP contribution in [0.1, 0.15) is 29.5 Å². The zero-order valence-corrected chi connectivity index (χ0v) is 19.0. The Balaban J connectivity index is 1.54. The lowest BCUT2D eigenvalue weighted by atomic mass is 9.91. The highest BCUT2D eigenvalue weighted by Crippen LogP contribution is 2.31. The van der Waals surface area contributed by atoms with Gasteiger partial charge in [-0.25, -0.2) is 4.79 Å².